The van der Waals surface area contributed by atoms with Crippen LogP contribution in [0.4, 0.5) is 0 Å². The van der Waals surface area contributed by atoms with Crippen molar-refractivity contribution in [2.75, 3.05) is 0 Å². The zero-order valence-electron chi connectivity index (χ0n) is 16.6. The Labute approximate surface area is 153 Å². The van der Waals surface area contributed by atoms with Crippen molar-refractivity contribution in [3.63, 3.8) is 0 Å². The summed E-state index contributed by atoms with van der Waals surface area (Å²) in [7, 11) is 0. The molecule has 146 valence electrons. The van der Waals surface area contributed by atoms with Gasteiger partial charge >= 0.3 is 11.9 Å². The molecule has 0 aliphatic heterocycles. The number of ether oxygens (including phenoxy) is 1. The number of aliphatic carboxylic acids is 1. The van der Waals surface area contributed by atoms with E-state index in [2.05, 4.69) is 27.7 Å². The first-order chi connectivity index (χ1) is 11.8. The first-order valence-corrected chi connectivity index (χ1v) is 10.3. The van der Waals surface area contributed by atoms with E-state index in [1.54, 1.807) is 0 Å². The first-order valence-electron chi connectivity index (χ1n) is 10.3. The summed E-state index contributed by atoms with van der Waals surface area (Å²) in [4.78, 5) is 23.6. The van der Waals surface area contributed by atoms with Crippen molar-refractivity contribution in [3.8, 4) is 0 Å². The Morgan fingerprint density at radius 2 is 1.80 bits per heavy atom. The second-order valence-corrected chi connectivity index (χ2v) is 8.27. The zero-order valence-corrected chi connectivity index (χ0v) is 16.6. The molecule has 0 bridgehead atoms. The third-order valence-corrected chi connectivity index (χ3v) is 5.65. The molecule has 4 nitrogen and oxygen atoms in total. The number of esters is 1. The van der Waals surface area contributed by atoms with E-state index in [4.69, 9.17) is 9.84 Å². The second kappa shape index (κ2) is 11.5. The number of rotatable bonds is 11. The predicted octanol–water partition coefficient (Wildman–Crippen LogP) is 5.44. The summed E-state index contributed by atoms with van der Waals surface area (Å²) in [6, 6.07) is 0. The molecular weight excluding hydrogens is 316 g/mol. The summed E-state index contributed by atoms with van der Waals surface area (Å²) >= 11 is 0. The lowest BCUT2D eigenvalue weighted by Gasteiger charge is -2.36. The highest BCUT2D eigenvalue weighted by Crippen LogP contribution is 2.39. The van der Waals surface area contributed by atoms with Gasteiger partial charge < -0.3 is 9.84 Å². The van der Waals surface area contributed by atoms with Gasteiger partial charge in [-0.25, -0.2) is 0 Å². The van der Waals surface area contributed by atoms with E-state index in [9.17, 15) is 9.59 Å². The van der Waals surface area contributed by atoms with Crippen LogP contribution in [0.25, 0.3) is 0 Å². The second-order valence-electron chi connectivity index (χ2n) is 8.27. The topological polar surface area (TPSA) is 63.6 Å². The van der Waals surface area contributed by atoms with Crippen LogP contribution in [-0.4, -0.2) is 23.1 Å². The quantitative estimate of drug-likeness (QED) is 0.396. The normalized spacial score (nSPS) is 24.9. The SMILES string of the molecule is CCCCCC(CCCC(=O)O)OC(=O)C1CC(C)CCC1C(C)C. The van der Waals surface area contributed by atoms with Crippen molar-refractivity contribution >= 4 is 11.9 Å². The molecule has 0 heterocycles. The van der Waals surface area contributed by atoms with Gasteiger partial charge in [0.2, 0.25) is 0 Å². The van der Waals surface area contributed by atoms with E-state index >= 15 is 0 Å². The monoisotopic (exact) mass is 354 g/mol. The van der Waals surface area contributed by atoms with Gasteiger partial charge in [0.05, 0.1) is 5.92 Å². The van der Waals surface area contributed by atoms with Crippen LogP contribution in [0.1, 0.15) is 91.9 Å². The zero-order chi connectivity index (χ0) is 18.8. The van der Waals surface area contributed by atoms with Gasteiger partial charge in [0.1, 0.15) is 6.10 Å². The van der Waals surface area contributed by atoms with Crippen molar-refractivity contribution < 1.29 is 19.4 Å². The maximum Gasteiger partial charge on any atom is 0.309 e. The number of hydrogen-bond donors (Lipinski definition) is 1. The van der Waals surface area contributed by atoms with E-state index in [1.165, 1.54) is 6.42 Å². The Bertz CT molecular complexity index is 405. The highest BCUT2D eigenvalue weighted by Gasteiger charge is 2.37. The van der Waals surface area contributed by atoms with Crippen LogP contribution in [0.5, 0.6) is 0 Å². The Kier molecular flexibility index (Phi) is 10.1. The standard InChI is InChI=1S/C21H38O4/c1-5-6-7-9-17(10-8-11-20(22)23)25-21(24)19-14-16(4)12-13-18(19)15(2)3/h15-19H,5-14H2,1-4H3,(H,22,23). The maximum absolute atomic E-state index is 12.9. The molecule has 0 radical (unpaired) electrons. The first kappa shape index (κ1) is 22.0. The fourth-order valence-corrected chi connectivity index (χ4v) is 4.09. The van der Waals surface area contributed by atoms with Gasteiger partial charge in [-0.15, -0.1) is 0 Å². The van der Waals surface area contributed by atoms with E-state index in [-0.39, 0.29) is 24.4 Å². The lowest BCUT2D eigenvalue weighted by atomic mass is 9.70. The van der Waals surface area contributed by atoms with Crippen molar-refractivity contribution in [3.05, 3.63) is 0 Å². The lowest BCUT2D eigenvalue weighted by Crippen LogP contribution is -2.36. The molecule has 0 aromatic carbocycles. The molecule has 4 atom stereocenters. The summed E-state index contributed by atoms with van der Waals surface area (Å²) in [6.07, 6.45) is 8.66. The van der Waals surface area contributed by atoms with Crippen LogP contribution in [-0.2, 0) is 14.3 Å². The average Bonchev–Trinajstić information content (AvgIpc) is 2.54. The van der Waals surface area contributed by atoms with Crippen LogP contribution < -0.4 is 0 Å². The van der Waals surface area contributed by atoms with Gasteiger partial charge in [0, 0.05) is 6.42 Å². The average molecular weight is 355 g/mol. The fourth-order valence-electron chi connectivity index (χ4n) is 4.09. The van der Waals surface area contributed by atoms with Gasteiger partial charge in [0.15, 0.2) is 0 Å². The van der Waals surface area contributed by atoms with E-state index in [0.717, 1.165) is 38.5 Å². The maximum atomic E-state index is 12.9. The van der Waals surface area contributed by atoms with Crippen molar-refractivity contribution in [1.82, 2.24) is 0 Å². The van der Waals surface area contributed by atoms with E-state index in [1.807, 2.05) is 0 Å². The molecule has 1 aliphatic carbocycles. The van der Waals surface area contributed by atoms with Crippen molar-refractivity contribution in [2.45, 2.75) is 98.0 Å². The molecule has 25 heavy (non-hydrogen) atoms. The smallest absolute Gasteiger partial charge is 0.309 e. The molecule has 4 heteroatoms. The third-order valence-electron chi connectivity index (χ3n) is 5.65. The molecule has 0 spiro atoms. The summed E-state index contributed by atoms with van der Waals surface area (Å²) in [5.41, 5.74) is 0. The van der Waals surface area contributed by atoms with Gasteiger partial charge in [-0.05, 0) is 56.3 Å². The summed E-state index contributed by atoms with van der Waals surface area (Å²) in [5.74, 6) is 0.686. The molecule has 0 saturated heterocycles. The van der Waals surface area contributed by atoms with E-state index < -0.39 is 5.97 Å². The highest BCUT2D eigenvalue weighted by molar-refractivity contribution is 5.73. The molecule has 0 amide bonds. The molecule has 1 rings (SSSR count). The van der Waals surface area contributed by atoms with Gasteiger partial charge in [-0.2, -0.15) is 0 Å². The molecule has 1 N–H and O–H groups in total. The van der Waals surface area contributed by atoms with Crippen LogP contribution in [0.3, 0.4) is 0 Å². The van der Waals surface area contributed by atoms with Crippen LogP contribution >= 0.6 is 0 Å². The van der Waals surface area contributed by atoms with Crippen LogP contribution in [0.2, 0.25) is 0 Å². The minimum absolute atomic E-state index is 0.0110. The molecule has 1 saturated carbocycles. The van der Waals surface area contributed by atoms with Gasteiger partial charge in [-0.1, -0.05) is 47.0 Å². The molecule has 1 fully saturated rings. The molecule has 1 aliphatic rings. The van der Waals surface area contributed by atoms with Gasteiger partial charge in [0.25, 0.3) is 0 Å². The Balaban J connectivity index is 2.64. The highest BCUT2D eigenvalue weighted by atomic mass is 16.5. The number of carboxylic acid groups (broad SMARTS) is 1. The van der Waals surface area contributed by atoms with Crippen LogP contribution in [0, 0.1) is 23.7 Å². The minimum atomic E-state index is -0.778. The number of hydrogen-bond acceptors (Lipinski definition) is 3. The number of carbonyl (C=O) groups is 2. The van der Waals surface area contributed by atoms with Gasteiger partial charge in [-0.3, -0.25) is 9.59 Å². The predicted molar refractivity (Wildman–Crippen MR) is 100 cm³/mol. The molecule has 4 unspecified atom stereocenters. The summed E-state index contributed by atoms with van der Waals surface area (Å²) in [6.45, 7) is 8.78. The Morgan fingerprint density at radius 3 is 2.40 bits per heavy atom. The largest absolute Gasteiger partial charge is 0.481 e. The Hall–Kier alpha value is -1.06. The third kappa shape index (κ3) is 8.24. The van der Waals surface area contributed by atoms with Crippen molar-refractivity contribution in [1.29, 1.82) is 0 Å². The van der Waals surface area contributed by atoms with Crippen LogP contribution in [0.15, 0.2) is 0 Å². The van der Waals surface area contributed by atoms with E-state index in [0.29, 0.717) is 30.6 Å². The van der Waals surface area contributed by atoms with Crippen molar-refractivity contribution in [2.24, 2.45) is 23.7 Å². The minimum Gasteiger partial charge on any atom is -0.481 e. The number of carbonyl (C=O) groups excluding carboxylic acids is 1. The summed E-state index contributed by atoms with van der Waals surface area (Å²) < 4.78 is 5.92. The number of unbranched alkanes of at least 4 members (excludes halogenated alkanes) is 2. The molecule has 0 aromatic heterocycles. The summed E-state index contributed by atoms with van der Waals surface area (Å²) in [5, 5.41) is 8.84. The fraction of sp³-hybridized carbons (Fsp3) is 0.905. The molecular formula is C21H38O4. The Morgan fingerprint density at radius 1 is 1.12 bits per heavy atom. The lowest BCUT2D eigenvalue weighted by molar-refractivity contribution is -0.160. The molecule has 0 aromatic rings. The number of carboxylic acids is 1.